The van der Waals surface area contributed by atoms with Crippen molar-refractivity contribution in [1.82, 2.24) is 4.98 Å². The van der Waals surface area contributed by atoms with Crippen molar-refractivity contribution in [3.63, 3.8) is 0 Å². The molecular weight excluding hydrogens is 419 g/mol. The standard InChI is InChI=1S/C24H24Cl2N2O2/c1-29-23-11-9-19(14-24(23)30-20-6-2-3-7-20)28(16-17-5-4-12-27-15-17)18-8-10-21(25)22(26)13-18/h4-5,8-15,20H,2-3,6-7,16H2,1H3. The van der Waals surface area contributed by atoms with Gasteiger partial charge in [0.25, 0.3) is 0 Å². The molecule has 1 aliphatic carbocycles. The van der Waals surface area contributed by atoms with E-state index >= 15 is 0 Å². The van der Waals surface area contributed by atoms with E-state index in [0.29, 0.717) is 16.6 Å². The molecule has 0 bridgehead atoms. The van der Waals surface area contributed by atoms with Crippen LogP contribution >= 0.6 is 23.2 Å². The highest BCUT2D eigenvalue weighted by molar-refractivity contribution is 6.42. The summed E-state index contributed by atoms with van der Waals surface area (Å²) in [6.07, 6.45) is 8.47. The molecule has 0 unspecified atom stereocenters. The summed E-state index contributed by atoms with van der Waals surface area (Å²) >= 11 is 12.5. The Morgan fingerprint density at radius 1 is 0.967 bits per heavy atom. The molecule has 0 N–H and O–H groups in total. The lowest BCUT2D eigenvalue weighted by atomic mass is 10.1. The van der Waals surface area contributed by atoms with Crippen molar-refractivity contribution in [3.8, 4) is 11.5 Å². The van der Waals surface area contributed by atoms with Gasteiger partial charge >= 0.3 is 0 Å². The Kier molecular flexibility index (Phi) is 6.66. The van der Waals surface area contributed by atoms with Crippen LogP contribution in [0.15, 0.2) is 60.9 Å². The fourth-order valence-corrected chi connectivity index (χ4v) is 4.06. The first-order valence-corrected chi connectivity index (χ1v) is 10.9. The number of hydrogen-bond acceptors (Lipinski definition) is 4. The summed E-state index contributed by atoms with van der Waals surface area (Å²) in [7, 11) is 1.67. The van der Waals surface area contributed by atoms with E-state index in [1.165, 1.54) is 12.8 Å². The summed E-state index contributed by atoms with van der Waals surface area (Å²) in [4.78, 5) is 6.42. The van der Waals surface area contributed by atoms with Crippen molar-refractivity contribution in [1.29, 1.82) is 0 Å². The molecule has 0 radical (unpaired) electrons. The Hall–Kier alpha value is -2.43. The van der Waals surface area contributed by atoms with Crippen molar-refractivity contribution >= 4 is 34.6 Å². The van der Waals surface area contributed by atoms with E-state index in [9.17, 15) is 0 Å². The monoisotopic (exact) mass is 442 g/mol. The topological polar surface area (TPSA) is 34.6 Å². The number of anilines is 2. The summed E-state index contributed by atoms with van der Waals surface area (Å²) in [5.74, 6) is 1.50. The van der Waals surface area contributed by atoms with Crippen molar-refractivity contribution in [2.45, 2.75) is 38.3 Å². The molecule has 0 saturated heterocycles. The zero-order valence-electron chi connectivity index (χ0n) is 16.9. The number of methoxy groups -OCH3 is 1. The Morgan fingerprint density at radius 2 is 1.73 bits per heavy atom. The molecule has 4 rings (SSSR count). The summed E-state index contributed by atoms with van der Waals surface area (Å²) in [5, 5.41) is 1.04. The second-order valence-electron chi connectivity index (χ2n) is 7.41. The van der Waals surface area contributed by atoms with Crippen LogP contribution in [0.5, 0.6) is 11.5 Å². The van der Waals surface area contributed by atoms with E-state index in [4.69, 9.17) is 32.7 Å². The third-order valence-corrected chi connectivity index (χ3v) is 6.07. The zero-order valence-corrected chi connectivity index (χ0v) is 18.4. The molecule has 1 heterocycles. The molecule has 156 valence electrons. The molecular formula is C24H24Cl2N2O2. The van der Waals surface area contributed by atoms with Gasteiger partial charge in [0.05, 0.1) is 23.3 Å². The molecule has 0 aliphatic heterocycles. The first-order chi connectivity index (χ1) is 14.6. The normalized spacial score (nSPS) is 14.0. The third kappa shape index (κ3) is 4.82. The van der Waals surface area contributed by atoms with Gasteiger partial charge in [0.2, 0.25) is 0 Å². The van der Waals surface area contributed by atoms with Gasteiger partial charge in [-0.2, -0.15) is 0 Å². The number of ether oxygens (including phenoxy) is 2. The number of benzene rings is 2. The third-order valence-electron chi connectivity index (χ3n) is 5.33. The molecule has 2 aromatic carbocycles. The number of hydrogen-bond donors (Lipinski definition) is 0. The maximum atomic E-state index is 6.33. The lowest BCUT2D eigenvalue weighted by Gasteiger charge is -2.27. The van der Waals surface area contributed by atoms with Gasteiger partial charge in [-0.05, 0) is 67.6 Å². The summed E-state index contributed by atoms with van der Waals surface area (Å²) < 4.78 is 11.9. The molecule has 4 nitrogen and oxygen atoms in total. The number of nitrogens with zero attached hydrogens (tertiary/aromatic N) is 2. The van der Waals surface area contributed by atoms with Crippen LogP contribution in [0.3, 0.4) is 0 Å². The predicted molar refractivity (Wildman–Crippen MR) is 122 cm³/mol. The molecule has 0 spiro atoms. The summed E-state index contributed by atoms with van der Waals surface area (Å²) in [5.41, 5.74) is 2.99. The van der Waals surface area contributed by atoms with Crippen LogP contribution in [0.25, 0.3) is 0 Å². The van der Waals surface area contributed by atoms with Crippen LogP contribution in [0.4, 0.5) is 11.4 Å². The highest BCUT2D eigenvalue weighted by atomic mass is 35.5. The van der Waals surface area contributed by atoms with Gasteiger partial charge in [-0.1, -0.05) is 29.3 Å². The Bertz CT molecular complexity index is 992. The second-order valence-corrected chi connectivity index (χ2v) is 8.22. The first-order valence-electron chi connectivity index (χ1n) is 10.1. The fraction of sp³-hybridized carbons (Fsp3) is 0.292. The molecule has 1 aromatic heterocycles. The van der Waals surface area contributed by atoms with E-state index in [0.717, 1.165) is 41.3 Å². The minimum absolute atomic E-state index is 0.242. The molecule has 1 aliphatic rings. The average Bonchev–Trinajstić information content (AvgIpc) is 3.28. The van der Waals surface area contributed by atoms with E-state index in [-0.39, 0.29) is 6.10 Å². The van der Waals surface area contributed by atoms with Crippen molar-refractivity contribution in [2.75, 3.05) is 12.0 Å². The molecule has 0 amide bonds. The van der Waals surface area contributed by atoms with Gasteiger partial charge in [-0.3, -0.25) is 4.98 Å². The molecule has 1 saturated carbocycles. The van der Waals surface area contributed by atoms with Crippen molar-refractivity contribution < 1.29 is 9.47 Å². The first kappa shape index (κ1) is 20.8. The summed E-state index contributed by atoms with van der Waals surface area (Å²) in [6.45, 7) is 0.626. The van der Waals surface area contributed by atoms with E-state index in [1.54, 1.807) is 13.3 Å². The van der Waals surface area contributed by atoms with Gasteiger partial charge < -0.3 is 14.4 Å². The van der Waals surface area contributed by atoms with Gasteiger partial charge in [0.15, 0.2) is 11.5 Å². The number of pyridine rings is 1. The lowest BCUT2D eigenvalue weighted by Crippen LogP contribution is -2.17. The lowest BCUT2D eigenvalue weighted by molar-refractivity contribution is 0.201. The number of halogens is 2. The number of aromatic nitrogens is 1. The highest BCUT2D eigenvalue weighted by Gasteiger charge is 2.20. The van der Waals surface area contributed by atoms with Crippen LogP contribution in [-0.2, 0) is 6.54 Å². The van der Waals surface area contributed by atoms with Gasteiger partial charge in [0, 0.05) is 36.4 Å². The van der Waals surface area contributed by atoms with E-state index in [1.807, 2.05) is 48.7 Å². The quantitative estimate of drug-likeness (QED) is 0.392. The van der Waals surface area contributed by atoms with Gasteiger partial charge in [0.1, 0.15) is 0 Å². The fourth-order valence-electron chi connectivity index (χ4n) is 3.77. The molecule has 0 atom stereocenters. The molecule has 3 aromatic rings. The second kappa shape index (κ2) is 9.59. The maximum Gasteiger partial charge on any atom is 0.163 e. The van der Waals surface area contributed by atoms with Crippen LogP contribution in [0, 0.1) is 0 Å². The van der Waals surface area contributed by atoms with Gasteiger partial charge in [-0.15, -0.1) is 0 Å². The van der Waals surface area contributed by atoms with Gasteiger partial charge in [-0.25, -0.2) is 0 Å². The number of rotatable bonds is 7. The largest absolute Gasteiger partial charge is 0.493 e. The predicted octanol–water partition coefficient (Wildman–Crippen LogP) is 7.06. The van der Waals surface area contributed by atoms with Crippen LogP contribution in [-0.4, -0.2) is 18.2 Å². The van der Waals surface area contributed by atoms with Crippen LogP contribution in [0.2, 0.25) is 10.0 Å². The average molecular weight is 443 g/mol. The smallest absolute Gasteiger partial charge is 0.163 e. The van der Waals surface area contributed by atoms with E-state index < -0.39 is 0 Å². The maximum absolute atomic E-state index is 6.33. The highest BCUT2D eigenvalue weighted by Crippen LogP contribution is 2.39. The molecule has 6 heteroatoms. The Labute approximate surface area is 187 Å². The van der Waals surface area contributed by atoms with Crippen molar-refractivity contribution in [3.05, 3.63) is 76.5 Å². The van der Waals surface area contributed by atoms with Crippen LogP contribution < -0.4 is 14.4 Å². The minimum Gasteiger partial charge on any atom is -0.493 e. The Morgan fingerprint density at radius 3 is 2.43 bits per heavy atom. The Balaban J connectivity index is 1.72. The van der Waals surface area contributed by atoms with Crippen LogP contribution in [0.1, 0.15) is 31.2 Å². The molecule has 1 fully saturated rings. The minimum atomic E-state index is 0.242. The SMILES string of the molecule is COc1ccc(N(Cc2cccnc2)c2ccc(Cl)c(Cl)c2)cc1OC1CCCC1. The van der Waals surface area contributed by atoms with E-state index in [2.05, 4.69) is 16.0 Å². The van der Waals surface area contributed by atoms with Crippen molar-refractivity contribution in [2.24, 2.45) is 0 Å². The zero-order chi connectivity index (χ0) is 20.9. The molecule has 30 heavy (non-hydrogen) atoms. The summed E-state index contributed by atoms with van der Waals surface area (Å²) in [6, 6.07) is 15.7.